The first-order valence-corrected chi connectivity index (χ1v) is 22.7. The van der Waals surface area contributed by atoms with Gasteiger partial charge in [-0.15, -0.1) is 0 Å². The molecular formula is C46H90O7. The molecule has 0 bridgehead atoms. The summed E-state index contributed by atoms with van der Waals surface area (Å²) in [5, 5.41) is 0. The number of ether oxygens (including phenoxy) is 7. The van der Waals surface area contributed by atoms with Crippen molar-refractivity contribution in [3.8, 4) is 0 Å². The summed E-state index contributed by atoms with van der Waals surface area (Å²) >= 11 is 0. The zero-order valence-corrected chi connectivity index (χ0v) is 36.1. The van der Waals surface area contributed by atoms with Crippen molar-refractivity contribution in [3.05, 3.63) is 24.3 Å². The highest BCUT2D eigenvalue weighted by Gasteiger charge is 2.11. The topological polar surface area (TPSA) is 64.6 Å². The number of hydrogen-bond acceptors (Lipinski definition) is 7. The zero-order chi connectivity index (χ0) is 38.7. The molecule has 53 heavy (non-hydrogen) atoms. The third kappa shape index (κ3) is 37.9. The van der Waals surface area contributed by atoms with E-state index in [-0.39, 0.29) is 25.2 Å². The number of hydrogen-bond donors (Lipinski definition) is 0. The molecule has 0 aliphatic carbocycles. The molecule has 0 aromatic carbocycles. The monoisotopic (exact) mass is 755 g/mol. The van der Waals surface area contributed by atoms with Gasteiger partial charge >= 0.3 is 0 Å². The van der Waals surface area contributed by atoms with Crippen LogP contribution in [0.25, 0.3) is 0 Å². The number of allylic oxidation sites excluding steroid dienone is 2. The summed E-state index contributed by atoms with van der Waals surface area (Å²) in [5.41, 5.74) is 0. The van der Waals surface area contributed by atoms with Crippen LogP contribution >= 0.6 is 0 Å². The Kier molecular flexibility index (Phi) is 43.3. The van der Waals surface area contributed by atoms with E-state index in [0.717, 1.165) is 52.1 Å². The summed E-state index contributed by atoms with van der Waals surface area (Å²) in [5.74, 6) is 0. The van der Waals surface area contributed by atoms with E-state index in [4.69, 9.17) is 33.2 Å². The van der Waals surface area contributed by atoms with Crippen molar-refractivity contribution >= 4 is 0 Å². The summed E-state index contributed by atoms with van der Waals surface area (Å²) in [7, 11) is 3.39. The minimum Gasteiger partial charge on any atom is -0.353 e. The van der Waals surface area contributed by atoms with Gasteiger partial charge in [-0.3, -0.25) is 0 Å². The third-order valence-electron chi connectivity index (χ3n) is 9.85. The van der Waals surface area contributed by atoms with E-state index in [1.165, 1.54) is 154 Å². The van der Waals surface area contributed by atoms with Crippen LogP contribution in [0.5, 0.6) is 0 Å². The van der Waals surface area contributed by atoms with Crippen LogP contribution in [-0.2, 0) is 33.2 Å². The van der Waals surface area contributed by atoms with Gasteiger partial charge in [-0.2, -0.15) is 0 Å². The first-order chi connectivity index (χ1) is 26.1. The van der Waals surface area contributed by atoms with Crippen LogP contribution in [0.3, 0.4) is 0 Å². The van der Waals surface area contributed by atoms with Gasteiger partial charge in [0.1, 0.15) is 0 Å². The highest BCUT2D eigenvalue weighted by atomic mass is 16.8. The normalized spacial score (nSPS) is 13.4. The van der Waals surface area contributed by atoms with Gasteiger partial charge in [-0.05, 0) is 91.2 Å². The van der Waals surface area contributed by atoms with Crippen molar-refractivity contribution in [2.24, 2.45) is 0 Å². The van der Waals surface area contributed by atoms with Gasteiger partial charge in [0.2, 0.25) is 0 Å². The van der Waals surface area contributed by atoms with Gasteiger partial charge in [-0.1, -0.05) is 141 Å². The lowest BCUT2D eigenvalue weighted by Crippen LogP contribution is -2.22. The molecule has 0 saturated heterocycles. The lowest BCUT2D eigenvalue weighted by molar-refractivity contribution is -0.188. The van der Waals surface area contributed by atoms with E-state index in [1.807, 2.05) is 39.8 Å². The van der Waals surface area contributed by atoms with Gasteiger partial charge in [0.05, 0.1) is 0 Å². The Bertz CT molecular complexity index is 673. The Labute approximate surface area is 330 Å². The summed E-state index contributed by atoms with van der Waals surface area (Å²) in [6.45, 7) is 11.1. The fourth-order valence-corrected chi connectivity index (χ4v) is 6.76. The number of methoxy groups -OCH3 is 2. The molecule has 0 heterocycles. The number of rotatable bonds is 44. The van der Waals surface area contributed by atoms with E-state index in [0.29, 0.717) is 0 Å². The van der Waals surface area contributed by atoms with Crippen LogP contribution in [0.4, 0.5) is 0 Å². The molecule has 0 aromatic heterocycles. The smallest absolute Gasteiger partial charge is 0.179 e. The maximum atomic E-state index is 6.00. The highest BCUT2D eigenvalue weighted by Crippen LogP contribution is 2.17. The lowest BCUT2D eigenvalue weighted by Gasteiger charge is -2.18. The fourth-order valence-electron chi connectivity index (χ4n) is 6.76. The molecule has 0 amide bonds. The maximum absolute atomic E-state index is 6.00. The predicted octanol–water partition coefficient (Wildman–Crippen LogP) is 13.8. The van der Waals surface area contributed by atoms with Crippen molar-refractivity contribution < 1.29 is 33.2 Å². The van der Waals surface area contributed by atoms with Crippen LogP contribution in [0.1, 0.15) is 207 Å². The standard InChI is InChI=1S/C46H90O7/c1-7-49-45(50-8-2)41-37-33-29-25-21-17-13-11-15-19-23-27-31-35-39-43(47-5)53-44(48-6)40-36-32-28-24-20-16-12-14-18-22-26-30-34-38-42-46(51-9-3)52-10-4/h35-36,39-40,43-46H,7-34,37-38,41-42H2,1-6H3. The molecule has 2 atom stereocenters. The van der Waals surface area contributed by atoms with Gasteiger partial charge in [0.25, 0.3) is 0 Å². The Morgan fingerprint density at radius 1 is 0.340 bits per heavy atom. The molecule has 7 nitrogen and oxygen atoms in total. The molecule has 0 rings (SSSR count). The van der Waals surface area contributed by atoms with E-state index in [2.05, 4.69) is 12.2 Å². The van der Waals surface area contributed by atoms with Gasteiger partial charge in [-0.25, -0.2) is 0 Å². The van der Waals surface area contributed by atoms with Gasteiger partial charge < -0.3 is 33.2 Å². The second-order valence-corrected chi connectivity index (χ2v) is 14.5. The van der Waals surface area contributed by atoms with Crippen molar-refractivity contribution in [2.75, 3.05) is 40.6 Å². The Hall–Kier alpha value is -0.800. The van der Waals surface area contributed by atoms with Crippen molar-refractivity contribution in [1.29, 1.82) is 0 Å². The van der Waals surface area contributed by atoms with E-state index < -0.39 is 0 Å². The fraction of sp³-hybridized carbons (Fsp3) is 0.913. The molecule has 0 spiro atoms. The Balaban J connectivity index is 3.66. The molecule has 0 aliphatic heterocycles. The summed E-state index contributed by atoms with van der Waals surface area (Å²) in [4.78, 5) is 0. The van der Waals surface area contributed by atoms with Crippen molar-refractivity contribution in [1.82, 2.24) is 0 Å². The first-order valence-electron chi connectivity index (χ1n) is 22.7. The Morgan fingerprint density at radius 2 is 0.585 bits per heavy atom. The molecule has 0 radical (unpaired) electrons. The maximum Gasteiger partial charge on any atom is 0.179 e. The molecule has 7 heteroatoms. The first kappa shape index (κ1) is 52.2. The third-order valence-corrected chi connectivity index (χ3v) is 9.85. The summed E-state index contributed by atoms with van der Waals surface area (Å²) in [6.07, 6.45) is 43.8. The largest absolute Gasteiger partial charge is 0.353 e. The van der Waals surface area contributed by atoms with Crippen molar-refractivity contribution in [2.45, 2.75) is 233 Å². The molecule has 0 aliphatic rings. The van der Waals surface area contributed by atoms with E-state index in [9.17, 15) is 0 Å². The molecule has 0 aromatic rings. The lowest BCUT2D eigenvalue weighted by atomic mass is 10.0. The number of unbranched alkanes of at least 4 members (excludes halogenated alkanes) is 24. The second-order valence-electron chi connectivity index (χ2n) is 14.5. The molecule has 0 fully saturated rings. The van der Waals surface area contributed by atoms with E-state index >= 15 is 0 Å². The highest BCUT2D eigenvalue weighted by molar-refractivity contribution is 4.89. The van der Waals surface area contributed by atoms with Crippen molar-refractivity contribution in [3.63, 3.8) is 0 Å². The van der Waals surface area contributed by atoms with Crippen LogP contribution in [-0.4, -0.2) is 65.8 Å². The summed E-state index contributed by atoms with van der Waals surface area (Å²) < 4.78 is 39.6. The van der Waals surface area contributed by atoms with Crippen LogP contribution in [0.2, 0.25) is 0 Å². The van der Waals surface area contributed by atoms with Crippen LogP contribution in [0, 0.1) is 0 Å². The average molecular weight is 755 g/mol. The Morgan fingerprint density at radius 3 is 0.830 bits per heavy atom. The molecule has 316 valence electrons. The quantitative estimate of drug-likeness (QED) is 0.0349. The average Bonchev–Trinajstić information content (AvgIpc) is 3.16. The van der Waals surface area contributed by atoms with Crippen LogP contribution < -0.4 is 0 Å². The summed E-state index contributed by atoms with van der Waals surface area (Å²) in [6, 6.07) is 0. The van der Waals surface area contributed by atoms with Gasteiger partial charge in [0, 0.05) is 40.6 Å². The minimum absolute atomic E-state index is 0.00177. The zero-order valence-electron chi connectivity index (χ0n) is 36.1. The minimum atomic E-state index is -0.384. The molecule has 0 saturated carbocycles. The van der Waals surface area contributed by atoms with E-state index in [1.54, 1.807) is 14.2 Å². The SMILES string of the molecule is CCOC(CCCCCCCCCCCCCCC=CC(OC)OC(C=CCCCCCCCCCCCCCCC(OCC)OCC)OC)OCC. The molecular weight excluding hydrogens is 664 g/mol. The second kappa shape index (κ2) is 43.9. The van der Waals surface area contributed by atoms with Crippen LogP contribution in [0.15, 0.2) is 24.3 Å². The molecule has 0 N–H and O–H groups in total. The van der Waals surface area contributed by atoms with Gasteiger partial charge in [0.15, 0.2) is 25.2 Å². The predicted molar refractivity (Wildman–Crippen MR) is 224 cm³/mol. The molecule has 2 unspecified atom stereocenters.